The summed E-state index contributed by atoms with van der Waals surface area (Å²) in [6.07, 6.45) is 4.22. The maximum atomic E-state index is 12.3. The molecule has 0 heterocycles. The predicted molar refractivity (Wildman–Crippen MR) is 104 cm³/mol. The van der Waals surface area contributed by atoms with Gasteiger partial charge in [0.15, 0.2) is 12.4 Å². The molecule has 0 atom stereocenters. The number of esters is 1. The quantitative estimate of drug-likeness (QED) is 0.333. The molecule has 0 unspecified atom stereocenters. The summed E-state index contributed by atoms with van der Waals surface area (Å²) in [4.78, 5) is 46.2. The van der Waals surface area contributed by atoms with E-state index in [1.807, 2.05) is 12.1 Å². The van der Waals surface area contributed by atoms with Crippen molar-refractivity contribution in [3.05, 3.63) is 74.8 Å². The number of carbonyl (C=O) groups excluding carboxylic acids is 3. The average Bonchev–Trinajstić information content (AvgIpc) is 2.75. The minimum atomic E-state index is -0.768. The third-order valence-electron chi connectivity index (χ3n) is 4.75. The van der Waals surface area contributed by atoms with Crippen LogP contribution in [0.3, 0.4) is 0 Å². The van der Waals surface area contributed by atoms with Crippen molar-refractivity contribution in [2.45, 2.75) is 25.7 Å². The number of hydrogen-bond acceptors (Lipinski definition) is 6. The Morgan fingerprint density at radius 1 is 1.00 bits per heavy atom. The van der Waals surface area contributed by atoms with Crippen molar-refractivity contribution in [2.24, 2.45) is 0 Å². The number of carbonyl (C=O) groups is 3. The highest BCUT2D eigenvalue weighted by Gasteiger charge is 2.16. The molecule has 0 saturated carbocycles. The topological polar surface area (TPSA) is 116 Å². The van der Waals surface area contributed by atoms with Gasteiger partial charge in [-0.05, 0) is 48.9 Å². The van der Waals surface area contributed by atoms with Gasteiger partial charge in [0.25, 0.3) is 11.6 Å². The molecule has 0 fully saturated rings. The number of rotatable bonds is 7. The molecule has 2 aromatic carbocycles. The van der Waals surface area contributed by atoms with Gasteiger partial charge in [-0.3, -0.25) is 24.5 Å². The van der Waals surface area contributed by atoms with Gasteiger partial charge >= 0.3 is 5.97 Å². The van der Waals surface area contributed by atoms with Crippen LogP contribution in [0.25, 0.3) is 0 Å². The van der Waals surface area contributed by atoms with Gasteiger partial charge < -0.3 is 10.1 Å². The lowest BCUT2D eigenvalue weighted by molar-refractivity contribution is -0.384. The van der Waals surface area contributed by atoms with E-state index in [9.17, 15) is 24.5 Å². The van der Waals surface area contributed by atoms with Crippen LogP contribution in [0.15, 0.2) is 42.5 Å². The van der Waals surface area contributed by atoms with Crippen molar-refractivity contribution in [1.29, 1.82) is 0 Å². The third kappa shape index (κ3) is 5.25. The van der Waals surface area contributed by atoms with Crippen LogP contribution >= 0.6 is 0 Å². The van der Waals surface area contributed by atoms with Crippen LogP contribution in [0.2, 0.25) is 0 Å². The molecular weight excluding hydrogens is 376 g/mol. The Hall–Kier alpha value is -3.55. The predicted octanol–water partition coefficient (Wildman–Crippen LogP) is 2.63. The summed E-state index contributed by atoms with van der Waals surface area (Å²) in [5, 5.41) is 13.1. The molecule has 0 saturated heterocycles. The molecule has 0 aliphatic heterocycles. The van der Waals surface area contributed by atoms with Gasteiger partial charge in [-0.25, -0.2) is 0 Å². The lowest BCUT2D eigenvalue weighted by atomic mass is 9.90. The number of non-ortho nitro benzene ring substituents is 1. The van der Waals surface area contributed by atoms with Crippen molar-refractivity contribution in [2.75, 3.05) is 13.2 Å². The summed E-state index contributed by atoms with van der Waals surface area (Å²) in [5.74, 6) is -1.72. The van der Waals surface area contributed by atoms with E-state index in [1.165, 1.54) is 23.8 Å². The molecule has 2 aromatic rings. The highest BCUT2D eigenvalue weighted by atomic mass is 16.6. The van der Waals surface area contributed by atoms with Gasteiger partial charge in [0, 0.05) is 23.3 Å². The maximum absolute atomic E-state index is 12.3. The summed E-state index contributed by atoms with van der Waals surface area (Å²) < 4.78 is 4.94. The smallest absolute Gasteiger partial charge is 0.325 e. The highest BCUT2D eigenvalue weighted by Crippen LogP contribution is 2.22. The fraction of sp³-hybridized carbons (Fsp3) is 0.286. The number of amides is 1. The number of nitro benzene ring substituents is 1. The highest BCUT2D eigenvalue weighted by molar-refractivity contribution is 5.99. The van der Waals surface area contributed by atoms with E-state index >= 15 is 0 Å². The summed E-state index contributed by atoms with van der Waals surface area (Å²) in [5.41, 5.74) is 2.75. The molecule has 1 amide bonds. The van der Waals surface area contributed by atoms with E-state index in [4.69, 9.17) is 4.74 Å². The molecule has 0 radical (unpaired) electrons. The molecule has 8 nitrogen and oxygen atoms in total. The minimum absolute atomic E-state index is 0.0529. The van der Waals surface area contributed by atoms with Crippen molar-refractivity contribution >= 4 is 23.3 Å². The van der Waals surface area contributed by atoms with E-state index < -0.39 is 30.0 Å². The second-order valence-corrected chi connectivity index (χ2v) is 6.76. The van der Waals surface area contributed by atoms with Crippen LogP contribution in [-0.2, 0) is 22.4 Å². The zero-order valence-electron chi connectivity index (χ0n) is 15.7. The second-order valence-electron chi connectivity index (χ2n) is 6.76. The molecule has 0 bridgehead atoms. The molecular formula is C21H20N2O6. The largest absolute Gasteiger partial charge is 0.456 e. The van der Waals surface area contributed by atoms with Crippen molar-refractivity contribution < 1.29 is 24.0 Å². The Balaban J connectivity index is 1.48. The van der Waals surface area contributed by atoms with E-state index in [0.29, 0.717) is 5.56 Å². The summed E-state index contributed by atoms with van der Waals surface area (Å²) in [6.45, 7) is -0.858. The standard InChI is InChI=1S/C21H20N2O6/c24-19(16-9-8-14-4-1-2-5-15(14)10-16)13-29-20(25)12-22-21(26)17-6-3-7-18(11-17)23(27)28/h3,6-11H,1-2,4-5,12-13H2,(H,22,26). The minimum Gasteiger partial charge on any atom is -0.456 e. The number of nitro groups is 1. The van der Waals surface area contributed by atoms with Crippen LogP contribution in [-0.4, -0.2) is 35.7 Å². The van der Waals surface area contributed by atoms with Crippen molar-refractivity contribution in [3.8, 4) is 0 Å². The fourth-order valence-electron chi connectivity index (χ4n) is 3.20. The molecule has 29 heavy (non-hydrogen) atoms. The molecule has 1 N–H and O–H groups in total. The Bertz CT molecular complexity index is 969. The molecule has 1 aliphatic rings. The number of ketones is 1. The number of fused-ring (bicyclic) bond motifs is 1. The van der Waals surface area contributed by atoms with Crippen LogP contribution in [0.1, 0.15) is 44.7 Å². The van der Waals surface area contributed by atoms with Gasteiger partial charge in [0.2, 0.25) is 0 Å². The SMILES string of the molecule is O=C(CNC(=O)c1cccc([N+](=O)[O-])c1)OCC(=O)c1ccc2c(c1)CCCC2. The number of Topliss-reactive ketones (excluding diaryl/α,β-unsaturated/α-hetero) is 1. The number of nitrogens with zero attached hydrogens (tertiary/aromatic N) is 1. The van der Waals surface area contributed by atoms with E-state index in [2.05, 4.69) is 5.32 Å². The first kappa shape index (κ1) is 20.2. The fourth-order valence-corrected chi connectivity index (χ4v) is 3.20. The Morgan fingerprint density at radius 3 is 2.52 bits per heavy atom. The Kier molecular flexibility index (Phi) is 6.33. The Morgan fingerprint density at radius 2 is 1.76 bits per heavy atom. The Labute approximate surface area is 167 Å². The van der Waals surface area contributed by atoms with E-state index in [0.717, 1.165) is 37.3 Å². The van der Waals surface area contributed by atoms with Gasteiger partial charge in [0.05, 0.1) is 4.92 Å². The number of hydrogen-bond donors (Lipinski definition) is 1. The average molecular weight is 396 g/mol. The van der Waals surface area contributed by atoms with Gasteiger partial charge in [-0.2, -0.15) is 0 Å². The van der Waals surface area contributed by atoms with E-state index in [-0.39, 0.29) is 17.0 Å². The normalized spacial score (nSPS) is 12.6. The maximum Gasteiger partial charge on any atom is 0.325 e. The lowest BCUT2D eigenvalue weighted by Crippen LogP contribution is -2.31. The first-order valence-corrected chi connectivity index (χ1v) is 9.27. The number of nitrogens with one attached hydrogen (secondary N) is 1. The zero-order chi connectivity index (χ0) is 20.8. The van der Waals surface area contributed by atoms with Gasteiger partial charge in [0.1, 0.15) is 6.54 Å². The molecule has 0 aromatic heterocycles. The van der Waals surface area contributed by atoms with Crippen molar-refractivity contribution in [3.63, 3.8) is 0 Å². The number of ether oxygens (including phenoxy) is 1. The molecule has 1 aliphatic carbocycles. The first-order valence-electron chi connectivity index (χ1n) is 9.27. The van der Waals surface area contributed by atoms with Crippen LogP contribution in [0.5, 0.6) is 0 Å². The van der Waals surface area contributed by atoms with Crippen LogP contribution < -0.4 is 5.32 Å². The molecule has 3 rings (SSSR count). The monoisotopic (exact) mass is 396 g/mol. The van der Waals surface area contributed by atoms with Crippen molar-refractivity contribution in [1.82, 2.24) is 5.32 Å². The number of benzene rings is 2. The van der Waals surface area contributed by atoms with Gasteiger partial charge in [-0.15, -0.1) is 0 Å². The molecule has 150 valence electrons. The molecule has 8 heteroatoms. The summed E-state index contributed by atoms with van der Waals surface area (Å²) in [6, 6.07) is 10.7. The lowest BCUT2D eigenvalue weighted by Gasteiger charge is -2.16. The second kappa shape index (κ2) is 9.09. The zero-order valence-corrected chi connectivity index (χ0v) is 15.7. The number of aryl methyl sites for hydroxylation is 2. The van der Waals surface area contributed by atoms with Gasteiger partial charge in [-0.1, -0.05) is 18.2 Å². The summed E-state index contributed by atoms with van der Waals surface area (Å²) >= 11 is 0. The first-order chi connectivity index (χ1) is 13.9. The van der Waals surface area contributed by atoms with Crippen LogP contribution in [0, 0.1) is 10.1 Å². The summed E-state index contributed by atoms with van der Waals surface area (Å²) in [7, 11) is 0. The third-order valence-corrected chi connectivity index (χ3v) is 4.75. The van der Waals surface area contributed by atoms with E-state index in [1.54, 1.807) is 6.07 Å². The van der Waals surface area contributed by atoms with Crippen LogP contribution in [0.4, 0.5) is 5.69 Å². The molecule has 0 spiro atoms.